The summed E-state index contributed by atoms with van der Waals surface area (Å²) in [6, 6.07) is 16.9. The molecule has 2 aromatic carbocycles. The number of hydrogen-bond donors (Lipinski definition) is 1. The van der Waals surface area contributed by atoms with Crippen LogP contribution in [0.2, 0.25) is 0 Å². The first-order valence-corrected chi connectivity index (χ1v) is 9.62. The van der Waals surface area contributed by atoms with Crippen LogP contribution >= 0.6 is 0 Å². The van der Waals surface area contributed by atoms with Gasteiger partial charge in [-0.15, -0.1) is 0 Å². The predicted molar refractivity (Wildman–Crippen MR) is 114 cm³/mol. The molecule has 0 unspecified atom stereocenters. The summed E-state index contributed by atoms with van der Waals surface area (Å²) in [5, 5.41) is 12.2. The van der Waals surface area contributed by atoms with E-state index in [0.717, 1.165) is 36.5 Å². The lowest BCUT2D eigenvalue weighted by Crippen LogP contribution is -2.21. The standard InChI is InChI=1S/C23H27N3O2/c1-4-15-28-22-13-7-18(8-14-22)16-19(17-24)23(27)25-20-9-11-21(12-10-20)26(5-2)6-3/h7-14,16H,4-6,15H2,1-3H3,(H,25,27)/b19-16+. The van der Waals surface area contributed by atoms with Gasteiger partial charge in [-0.25, -0.2) is 0 Å². The molecule has 0 saturated heterocycles. The maximum atomic E-state index is 12.5. The average molecular weight is 377 g/mol. The molecule has 5 nitrogen and oxygen atoms in total. The summed E-state index contributed by atoms with van der Waals surface area (Å²) >= 11 is 0. The van der Waals surface area contributed by atoms with Crippen molar-refractivity contribution in [2.75, 3.05) is 29.9 Å². The SMILES string of the molecule is CCCOc1ccc(/C=C(\C#N)C(=O)Nc2ccc(N(CC)CC)cc2)cc1. The van der Waals surface area contributed by atoms with E-state index in [4.69, 9.17) is 4.74 Å². The second-order valence-electron chi connectivity index (χ2n) is 6.26. The van der Waals surface area contributed by atoms with Gasteiger partial charge in [0.1, 0.15) is 17.4 Å². The zero-order chi connectivity index (χ0) is 20.4. The summed E-state index contributed by atoms with van der Waals surface area (Å²) in [5.74, 6) is 0.347. The van der Waals surface area contributed by atoms with E-state index in [1.807, 2.05) is 61.5 Å². The van der Waals surface area contributed by atoms with Crippen LogP contribution in [0.1, 0.15) is 32.8 Å². The van der Waals surface area contributed by atoms with Crippen LogP contribution in [0.25, 0.3) is 6.08 Å². The lowest BCUT2D eigenvalue weighted by Gasteiger charge is -2.21. The Hall–Kier alpha value is -3.26. The highest BCUT2D eigenvalue weighted by Crippen LogP contribution is 2.19. The molecule has 0 atom stereocenters. The van der Waals surface area contributed by atoms with Gasteiger partial charge in [-0.05, 0) is 68.3 Å². The fourth-order valence-corrected chi connectivity index (χ4v) is 2.74. The van der Waals surface area contributed by atoms with Crippen LogP contribution in [-0.4, -0.2) is 25.6 Å². The summed E-state index contributed by atoms with van der Waals surface area (Å²) in [4.78, 5) is 14.7. The van der Waals surface area contributed by atoms with Gasteiger partial charge in [0, 0.05) is 24.5 Å². The Morgan fingerprint density at radius 2 is 1.71 bits per heavy atom. The van der Waals surface area contributed by atoms with Gasteiger partial charge in [0.05, 0.1) is 6.61 Å². The van der Waals surface area contributed by atoms with E-state index in [0.29, 0.717) is 12.3 Å². The number of hydrogen-bond acceptors (Lipinski definition) is 4. The number of nitrogens with zero attached hydrogens (tertiary/aromatic N) is 2. The van der Waals surface area contributed by atoms with E-state index in [1.165, 1.54) is 0 Å². The fourth-order valence-electron chi connectivity index (χ4n) is 2.74. The summed E-state index contributed by atoms with van der Waals surface area (Å²) in [5.41, 5.74) is 2.58. The molecule has 0 aliphatic heterocycles. The Bertz CT molecular complexity index is 830. The Morgan fingerprint density at radius 1 is 1.07 bits per heavy atom. The minimum atomic E-state index is -0.426. The third-order valence-electron chi connectivity index (χ3n) is 4.28. The van der Waals surface area contributed by atoms with E-state index >= 15 is 0 Å². The van der Waals surface area contributed by atoms with E-state index in [1.54, 1.807) is 6.08 Å². The number of nitrogens with one attached hydrogen (secondary N) is 1. The number of nitriles is 1. The van der Waals surface area contributed by atoms with Crippen LogP contribution in [0.4, 0.5) is 11.4 Å². The van der Waals surface area contributed by atoms with Crippen molar-refractivity contribution in [2.24, 2.45) is 0 Å². The minimum absolute atomic E-state index is 0.0510. The lowest BCUT2D eigenvalue weighted by molar-refractivity contribution is -0.112. The molecule has 28 heavy (non-hydrogen) atoms. The minimum Gasteiger partial charge on any atom is -0.494 e. The van der Waals surface area contributed by atoms with E-state index in [9.17, 15) is 10.1 Å². The number of anilines is 2. The highest BCUT2D eigenvalue weighted by atomic mass is 16.5. The monoisotopic (exact) mass is 377 g/mol. The molecular formula is C23H27N3O2. The molecule has 0 spiro atoms. The third-order valence-corrected chi connectivity index (χ3v) is 4.28. The van der Waals surface area contributed by atoms with Crippen molar-refractivity contribution in [2.45, 2.75) is 27.2 Å². The predicted octanol–water partition coefficient (Wildman–Crippen LogP) is 4.87. The van der Waals surface area contributed by atoms with Crippen LogP contribution in [0.5, 0.6) is 5.75 Å². The molecule has 0 radical (unpaired) electrons. The Morgan fingerprint density at radius 3 is 2.25 bits per heavy atom. The lowest BCUT2D eigenvalue weighted by atomic mass is 10.1. The van der Waals surface area contributed by atoms with E-state index < -0.39 is 5.91 Å². The van der Waals surface area contributed by atoms with E-state index in [2.05, 4.69) is 24.1 Å². The van der Waals surface area contributed by atoms with Gasteiger partial charge in [0.2, 0.25) is 0 Å². The van der Waals surface area contributed by atoms with Crippen molar-refractivity contribution < 1.29 is 9.53 Å². The second-order valence-corrected chi connectivity index (χ2v) is 6.26. The first-order chi connectivity index (χ1) is 13.6. The fraction of sp³-hybridized carbons (Fsp3) is 0.304. The van der Waals surface area contributed by atoms with Gasteiger partial charge < -0.3 is 15.0 Å². The highest BCUT2D eigenvalue weighted by molar-refractivity contribution is 6.09. The molecule has 5 heteroatoms. The second kappa shape index (κ2) is 10.8. The van der Waals surface area contributed by atoms with Crippen LogP contribution in [0.15, 0.2) is 54.1 Å². The van der Waals surface area contributed by atoms with Crippen molar-refractivity contribution in [3.63, 3.8) is 0 Å². The highest BCUT2D eigenvalue weighted by Gasteiger charge is 2.10. The topological polar surface area (TPSA) is 65.4 Å². The van der Waals surface area contributed by atoms with Gasteiger partial charge in [0.15, 0.2) is 0 Å². The zero-order valence-corrected chi connectivity index (χ0v) is 16.7. The summed E-state index contributed by atoms with van der Waals surface area (Å²) in [6.07, 6.45) is 2.51. The number of carbonyl (C=O) groups excluding carboxylic acids is 1. The van der Waals surface area contributed by atoms with Crippen LogP contribution in [0, 0.1) is 11.3 Å². The maximum absolute atomic E-state index is 12.5. The van der Waals surface area contributed by atoms with Crippen molar-refractivity contribution in [1.29, 1.82) is 5.26 Å². The number of amides is 1. The normalized spacial score (nSPS) is 10.9. The largest absolute Gasteiger partial charge is 0.494 e. The van der Waals surface area contributed by atoms with Gasteiger partial charge in [-0.2, -0.15) is 5.26 Å². The summed E-state index contributed by atoms with van der Waals surface area (Å²) in [6.45, 7) is 8.76. The number of ether oxygens (including phenoxy) is 1. The van der Waals surface area contributed by atoms with Crippen LogP contribution in [-0.2, 0) is 4.79 Å². The molecule has 0 bridgehead atoms. The molecule has 0 fully saturated rings. The molecule has 0 heterocycles. The van der Waals surface area contributed by atoms with Crippen LogP contribution < -0.4 is 15.0 Å². The third kappa shape index (κ3) is 5.88. The van der Waals surface area contributed by atoms with Crippen molar-refractivity contribution in [3.8, 4) is 11.8 Å². The average Bonchev–Trinajstić information content (AvgIpc) is 2.73. The molecule has 2 rings (SSSR count). The Labute approximate surface area is 167 Å². The van der Waals surface area contributed by atoms with Crippen LogP contribution in [0.3, 0.4) is 0 Å². The molecule has 146 valence electrons. The van der Waals surface area contributed by atoms with Gasteiger partial charge in [-0.3, -0.25) is 4.79 Å². The molecular weight excluding hydrogens is 350 g/mol. The van der Waals surface area contributed by atoms with Gasteiger partial charge in [0.25, 0.3) is 5.91 Å². The van der Waals surface area contributed by atoms with Crippen molar-refractivity contribution >= 4 is 23.4 Å². The number of benzene rings is 2. The molecule has 0 saturated carbocycles. The maximum Gasteiger partial charge on any atom is 0.266 e. The number of carbonyl (C=O) groups is 1. The zero-order valence-electron chi connectivity index (χ0n) is 16.7. The van der Waals surface area contributed by atoms with E-state index in [-0.39, 0.29) is 5.57 Å². The molecule has 0 aliphatic carbocycles. The molecule has 2 aromatic rings. The first kappa shape index (κ1) is 21.0. The molecule has 0 aliphatic rings. The summed E-state index contributed by atoms with van der Waals surface area (Å²) in [7, 11) is 0. The molecule has 1 N–H and O–H groups in total. The summed E-state index contributed by atoms with van der Waals surface area (Å²) < 4.78 is 5.54. The Balaban J connectivity index is 2.06. The van der Waals surface area contributed by atoms with Crippen molar-refractivity contribution in [3.05, 3.63) is 59.7 Å². The quantitative estimate of drug-likeness (QED) is 0.500. The molecule has 0 aromatic heterocycles. The van der Waals surface area contributed by atoms with Gasteiger partial charge >= 0.3 is 0 Å². The van der Waals surface area contributed by atoms with Gasteiger partial charge in [-0.1, -0.05) is 19.1 Å². The number of rotatable bonds is 9. The van der Waals surface area contributed by atoms with Crippen molar-refractivity contribution in [1.82, 2.24) is 0 Å². The first-order valence-electron chi connectivity index (χ1n) is 9.62. The Kier molecular flexibility index (Phi) is 8.11. The smallest absolute Gasteiger partial charge is 0.266 e. The molecule has 1 amide bonds.